The summed E-state index contributed by atoms with van der Waals surface area (Å²) in [4.78, 5) is 36.5. The molecule has 138 valence electrons. The molecule has 0 saturated carbocycles. The van der Waals surface area contributed by atoms with Crippen molar-refractivity contribution < 1.29 is 24.2 Å². The maximum Gasteiger partial charge on any atom is 0.328 e. The Hall–Kier alpha value is -3.41. The Labute approximate surface area is 156 Å². The topological polar surface area (TPSA) is 92.7 Å². The molecule has 0 saturated heterocycles. The average Bonchev–Trinajstić information content (AvgIpc) is 2.67. The molecule has 0 amide bonds. The Morgan fingerprint density at radius 2 is 1.74 bits per heavy atom. The lowest BCUT2D eigenvalue weighted by Gasteiger charge is -2.23. The second-order valence-electron chi connectivity index (χ2n) is 6.12. The summed E-state index contributed by atoms with van der Waals surface area (Å²) in [7, 11) is 0. The number of rotatable bonds is 6. The largest absolute Gasteiger partial charge is 0.508 e. The van der Waals surface area contributed by atoms with E-state index in [1.165, 1.54) is 18.2 Å². The van der Waals surface area contributed by atoms with E-state index in [9.17, 15) is 19.5 Å². The van der Waals surface area contributed by atoms with Crippen LogP contribution in [0.25, 0.3) is 5.70 Å². The molecule has 6 nitrogen and oxygen atoms in total. The van der Waals surface area contributed by atoms with Gasteiger partial charge >= 0.3 is 5.97 Å². The van der Waals surface area contributed by atoms with Gasteiger partial charge in [0.05, 0.1) is 6.61 Å². The van der Waals surface area contributed by atoms with Crippen molar-refractivity contribution in [3.05, 3.63) is 71.3 Å². The number of ether oxygens (including phenoxy) is 1. The van der Waals surface area contributed by atoms with Crippen LogP contribution in [-0.2, 0) is 20.7 Å². The van der Waals surface area contributed by atoms with Crippen molar-refractivity contribution in [2.75, 3.05) is 6.61 Å². The number of carbonyl (C=O) groups excluding carboxylic acids is 3. The standard InChI is InChI=1S/C21H19NO5/c1-2-27-21(26)18(11-13-7-9-14(23)10-8-13)22-17-12-19(24)20(25)16-6-4-3-5-15(16)17/h3-10,12,18,22-23H,2,11H2,1H3. The Kier molecular flexibility index (Phi) is 5.35. The van der Waals surface area contributed by atoms with Crippen LogP contribution in [0, 0.1) is 0 Å². The van der Waals surface area contributed by atoms with E-state index in [1.54, 1.807) is 43.3 Å². The quantitative estimate of drug-likeness (QED) is 0.603. The first-order valence-electron chi connectivity index (χ1n) is 8.60. The number of fused-ring (bicyclic) bond motifs is 1. The van der Waals surface area contributed by atoms with Gasteiger partial charge in [0.15, 0.2) is 0 Å². The summed E-state index contributed by atoms with van der Waals surface area (Å²) >= 11 is 0. The number of carbonyl (C=O) groups is 3. The normalized spacial score (nSPS) is 14.2. The fourth-order valence-electron chi connectivity index (χ4n) is 2.93. The predicted octanol–water partition coefficient (Wildman–Crippen LogP) is 2.26. The van der Waals surface area contributed by atoms with E-state index in [-0.39, 0.29) is 12.4 Å². The van der Waals surface area contributed by atoms with Crippen molar-refractivity contribution in [3.8, 4) is 5.75 Å². The van der Waals surface area contributed by atoms with Crippen LogP contribution in [-0.4, -0.2) is 35.3 Å². The highest BCUT2D eigenvalue weighted by atomic mass is 16.5. The van der Waals surface area contributed by atoms with Gasteiger partial charge in [0, 0.05) is 29.3 Å². The van der Waals surface area contributed by atoms with E-state index in [0.29, 0.717) is 23.2 Å². The summed E-state index contributed by atoms with van der Waals surface area (Å²) in [6, 6.07) is 12.5. The number of Topliss-reactive ketones (excluding diaryl/α,β-unsaturated/α-hetero) is 1. The highest BCUT2D eigenvalue weighted by Crippen LogP contribution is 2.24. The van der Waals surface area contributed by atoms with Crippen LogP contribution >= 0.6 is 0 Å². The van der Waals surface area contributed by atoms with Crippen molar-refractivity contribution in [1.29, 1.82) is 0 Å². The first-order valence-corrected chi connectivity index (χ1v) is 8.60. The lowest BCUT2D eigenvalue weighted by molar-refractivity contribution is -0.145. The van der Waals surface area contributed by atoms with Crippen molar-refractivity contribution in [1.82, 2.24) is 5.32 Å². The van der Waals surface area contributed by atoms with Crippen LogP contribution in [0.1, 0.15) is 28.4 Å². The number of ketones is 2. The molecule has 27 heavy (non-hydrogen) atoms. The molecular formula is C21H19NO5. The second kappa shape index (κ2) is 7.86. The van der Waals surface area contributed by atoms with E-state index < -0.39 is 23.6 Å². The maximum absolute atomic E-state index is 12.4. The van der Waals surface area contributed by atoms with Gasteiger partial charge in [-0.15, -0.1) is 0 Å². The first kappa shape index (κ1) is 18.4. The third-order valence-corrected chi connectivity index (χ3v) is 4.24. The molecule has 0 bridgehead atoms. The van der Waals surface area contributed by atoms with Gasteiger partial charge in [0.1, 0.15) is 11.8 Å². The van der Waals surface area contributed by atoms with Crippen molar-refractivity contribution in [2.45, 2.75) is 19.4 Å². The molecular weight excluding hydrogens is 346 g/mol. The lowest BCUT2D eigenvalue weighted by Crippen LogP contribution is -2.40. The predicted molar refractivity (Wildman–Crippen MR) is 99.1 cm³/mol. The molecule has 6 heteroatoms. The summed E-state index contributed by atoms with van der Waals surface area (Å²) < 4.78 is 5.15. The molecule has 1 aliphatic carbocycles. The van der Waals surface area contributed by atoms with Crippen molar-refractivity contribution in [2.24, 2.45) is 0 Å². The van der Waals surface area contributed by atoms with Crippen LogP contribution in [0.15, 0.2) is 54.6 Å². The molecule has 1 aliphatic rings. The number of hydrogen-bond acceptors (Lipinski definition) is 6. The highest BCUT2D eigenvalue weighted by Gasteiger charge is 2.28. The Bertz CT molecular complexity index is 914. The minimum atomic E-state index is -0.755. The van der Waals surface area contributed by atoms with Crippen LogP contribution in [0.4, 0.5) is 0 Å². The molecule has 0 fully saturated rings. The molecule has 2 aromatic carbocycles. The summed E-state index contributed by atoms with van der Waals surface area (Å²) in [6.45, 7) is 1.94. The van der Waals surface area contributed by atoms with Gasteiger partial charge in [-0.2, -0.15) is 0 Å². The molecule has 2 N–H and O–H groups in total. The van der Waals surface area contributed by atoms with Gasteiger partial charge in [-0.05, 0) is 24.6 Å². The Morgan fingerprint density at radius 3 is 2.41 bits per heavy atom. The van der Waals surface area contributed by atoms with E-state index in [0.717, 1.165) is 5.56 Å². The number of phenols is 1. The monoisotopic (exact) mass is 365 g/mol. The number of allylic oxidation sites excluding steroid dienone is 1. The minimum absolute atomic E-state index is 0.132. The Morgan fingerprint density at radius 1 is 1.07 bits per heavy atom. The first-order chi connectivity index (χ1) is 13.0. The van der Waals surface area contributed by atoms with Crippen molar-refractivity contribution >= 4 is 23.2 Å². The molecule has 1 atom stereocenters. The van der Waals surface area contributed by atoms with E-state index in [2.05, 4.69) is 5.32 Å². The van der Waals surface area contributed by atoms with Crippen LogP contribution < -0.4 is 5.32 Å². The fraction of sp³-hybridized carbons (Fsp3) is 0.190. The van der Waals surface area contributed by atoms with Crippen molar-refractivity contribution in [3.63, 3.8) is 0 Å². The molecule has 0 aliphatic heterocycles. The van der Waals surface area contributed by atoms with Crippen LogP contribution in [0.2, 0.25) is 0 Å². The number of benzene rings is 2. The molecule has 3 rings (SSSR count). The highest BCUT2D eigenvalue weighted by molar-refractivity contribution is 6.50. The zero-order valence-corrected chi connectivity index (χ0v) is 14.8. The average molecular weight is 365 g/mol. The second-order valence-corrected chi connectivity index (χ2v) is 6.12. The van der Waals surface area contributed by atoms with Gasteiger partial charge in [-0.3, -0.25) is 9.59 Å². The number of aromatic hydroxyl groups is 1. The molecule has 0 heterocycles. The zero-order chi connectivity index (χ0) is 19.4. The molecule has 0 spiro atoms. The molecule has 0 aromatic heterocycles. The van der Waals surface area contributed by atoms with Gasteiger partial charge in [0.2, 0.25) is 11.6 Å². The fourth-order valence-corrected chi connectivity index (χ4v) is 2.93. The summed E-state index contributed by atoms with van der Waals surface area (Å²) in [6.07, 6.45) is 1.51. The van der Waals surface area contributed by atoms with Crippen LogP contribution in [0.3, 0.4) is 0 Å². The Balaban J connectivity index is 1.90. The zero-order valence-electron chi connectivity index (χ0n) is 14.8. The van der Waals surface area contributed by atoms with E-state index >= 15 is 0 Å². The molecule has 1 unspecified atom stereocenters. The molecule has 2 aromatic rings. The van der Waals surface area contributed by atoms with E-state index in [1.807, 2.05) is 0 Å². The van der Waals surface area contributed by atoms with Gasteiger partial charge in [0.25, 0.3) is 0 Å². The molecule has 0 radical (unpaired) electrons. The van der Waals surface area contributed by atoms with E-state index in [4.69, 9.17) is 4.74 Å². The number of phenolic OH excluding ortho intramolecular Hbond substituents is 1. The minimum Gasteiger partial charge on any atom is -0.508 e. The maximum atomic E-state index is 12.4. The van der Waals surface area contributed by atoms with Crippen LogP contribution in [0.5, 0.6) is 5.75 Å². The third kappa shape index (κ3) is 4.06. The van der Waals surface area contributed by atoms with Gasteiger partial charge in [-0.25, -0.2) is 4.79 Å². The van der Waals surface area contributed by atoms with Gasteiger partial charge < -0.3 is 15.2 Å². The number of hydrogen-bond donors (Lipinski definition) is 2. The summed E-state index contributed by atoms with van der Waals surface area (Å²) in [5, 5.41) is 12.5. The SMILES string of the molecule is CCOC(=O)C(Cc1ccc(O)cc1)NC1=CC(=O)C(=O)c2ccccc21. The smallest absolute Gasteiger partial charge is 0.328 e. The number of nitrogens with one attached hydrogen (secondary N) is 1. The van der Waals surface area contributed by atoms with Gasteiger partial charge in [-0.1, -0.05) is 36.4 Å². The lowest BCUT2D eigenvalue weighted by atomic mass is 9.92. The third-order valence-electron chi connectivity index (χ3n) is 4.24. The number of esters is 1. The summed E-state index contributed by atoms with van der Waals surface area (Å²) in [5.74, 6) is -1.54. The summed E-state index contributed by atoms with van der Waals surface area (Å²) in [5.41, 5.74) is 2.10.